The summed E-state index contributed by atoms with van der Waals surface area (Å²) in [5, 5.41) is 3.13. The number of thiophene rings is 1. The molecule has 0 aliphatic rings. The van der Waals surface area contributed by atoms with Crippen molar-refractivity contribution in [2.75, 3.05) is 0 Å². The van der Waals surface area contributed by atoms with E-state index in [0.717, 1.165) is 33.5 Å². The minimum atomic E-state index is 0.233. The molecule has 0 radical (unpaired) electrons. The van der Waals surface area contributed by atoms with E-state index in [9.17, 15) is 4.79 Å². The zero-order valence-corrected chi connectivity index (χ0v) is 11.5. The number of rotatable bonds is 4. The molecule has 1 N–H and O–H groups in total. The first kappa shape index (κ1) is 12.1. The summed E-state index contributed by atoms with van der Waals surface area (Å²) in [4.78, 5) is 20.2. The number of Topliss-reactive ketones (excluding diaryl/α,β-unsaturated/α-hetero) is 1. The maximum Gasteiger partial charge on any atom is 0.172 e. The van der Waals surface area contributed by atoms with Crippen LogP contribution in [0.15, 0.2) is 36.0 Å². The van der Waals surface area contributed by atoms with E-state index in [-0.39, 0.29) is 5.78 Å². The van der Waals surface area contributed by atoms with Crippen LogP contribution in [0, 0.1) is 0 Å². The molecule has 0 aliphatic heterocycles. The van der Waals surface area contributed by atoms with Gasteiger partial charge < -0.3 is 4.98 Å². The van der Waals surface area contributed by atoms with E-state index in [2.05, 4.69) is 9.97 Å². The number of pyridine rings is 1. The van der Waals surface area contributed by atoms with Gasteiger partial charge >= 0.3 is 0 Å². The predicted octanol–water partition coefficient (Wildman–Crippen LogP) is 4.27. The Balaban J connectivity index is 2.01. The fourth-order valence-electron chi connectivity index (χ4n) is 2.17. The van der Waals surface area contributed by atoms with Crippen molar-refractivity contribution in [2.45, 2.75) is 19.8 Å². The summed E-state index contributed by atoms with van der Waals surface area (Å²) < 4.78 is 0. The number of aromatic amines is 1. The summed E-state index contributed by atoms with van der Waals surface area (Å²) in [6.45, 7) is 2.03. The minimum Gasteiger partial charge on any atom is -0.346 e. The first-order valence-electron chi connectivity index (χ1n) is 6.34. The highest BCUT2D eigenvalue weighted by Gasteiger charge is 2.12. The molecule has 3 aromatic heterocycles. The molecule has 19 heavy (non-hydrogen) atoms. The van der Waals surface area contributed by atoms with Crippen LogP contribution in [0.4, 0.5) is 0 Å². The number of H-pyrrole nitrogens is 1. The van der Waals surface area contributed by atoms with E-state index in [1.807, 2.05) is 36.7 Å². The van der Waals surface area contributed by atoms with Gasteiger partial charge in [-0.05, 0) is 35.6 Å². The molecule has 0 spiro atoms. The number of ketones is 1. The highest BCUT2D eigenvalue weighted by molar-refractivity contribution is 7.12. The number of hydrogen-bond acceptors (Lipinski definition) is 3. The standard InChI is InChI=1S/C15H14N2OS/c1-2-4-13(18)14-7-10(9-19-14)12-8-17-15-11(12)5-3-6-16-15/h3,5-9H,2,4H2,1H3,(H,16,17). The van der Waals surface area contributed by atoms with E-state index in [1.165, 1.54) is 11.3 Å². The van der Waals surface area contributed by atoms with Crippen LogP contribution in [0.2, 0.25) is 0 Å². The molecule has 0 saturated heterocycles. The molecule has 0 unspecified atom stereocenters. The first-order chi connectivity index (χ1) is 9.29. The SMILES string of the molecule is CCCC(=O)c1cc(-c2c[nH]c3ncccc23)cs1. The van der Waals surface area contributed by atoms with Gasteiger partial charge in [-0.3, -0.25) is 4.79 Å². The third-order valence-electron chi connectivity index (χ3n) is 3.11. The molecule has 0 bridgehead atoms. The van der Waals surface area contributed by atoms with Crippen molar-refractivity contribution in [2.24, 2.45) is 0 Å². The average molecular weight is 270 g/mol. The van der Waals surface area contributed by atoms with Crippen LogP contribution in [0.1, 0.15) is 29.4 Å². The van der Waals surface area contributed by atoms with Crippen LogP contribution in [0.5, 0.6) is 0 Å². The summed E-state index contributed by atoms with van der Waals surface area (Å²) in [6.07, 6.45) is 5.23. The number of aromatic nitrogens is 2. The third kappa shape index (κ3) is 2.19. The van der Waals surface area contributed by atoms with Gasteiger partial charge in [0.2, 0.25) is 0 Å². The normalized spacial score (nSPS) is 11.0. The predicted molar refractivity (Wildman–Crippen MR) is 78.6 cm³/mol. The number of carbonyl (C=O) groups excluding carboxylic acids is 1. The Morgan fingerprint density at radius 2 is 2.37 bits per heavy atom. The monoisotopic (exact) mass is 270 g/mol. The van der Waals surface area contributed by atoms with Gasteiger partial charge in [-0.15, -0.1) is 11.3 Å². The van der Waals surface area contributed by atoms with E-state index >= 15 is 0 Å². The van der Waals surface area contributed by atoms with E-state index in [4.69, 9.17) is 0 Å². The van der Waals surface area contributed by atoms with Crippen molar-refractivity contribution in [3.63, 3.8) is 0 Å². The van der Waals surface area contributed by atoms with Crippen LogP contribution in [0.25, 0.3) is 22.2 Å². The van der Waals surface area contributed by atoms with E-state index in [0.29, 0.717) is 6.42 Å². The first-order valence-corrected chi connectivity index (χ1v) is 7.21. The van der Waals surface area contributed by atoms with Gasteiger partial charge in [0.05, 0.1) is 4.88 Å². The molecule has 3 nitrogen and oxygen atoms in total. The van der Waals surface area contributed by atoms with Crippen molar-refractivity contribution in [3.8, 4) is 11.1 Å². The van der Waals surface area contributed by atoms with Gasteiger partial charge in [-0.1, -0.05) is 6.92 Å². The summed E-state index contributed by atoms with van der Waals surface area (Å²) >= 11 is 1.52. The van der Waals surface area contributed by atoms with Crippen molar-refractivity contribution in [1.82, 2.24) is 9.97 Å². The molecule has 0 atom stereocenters. The zero-order chi connectivity index (χ0) is 13.2. The smallest absolute Gasteiger partial charge is 0.172 e. The zero-order valence-electron chi connectivity index (χ0n) is 10.6. The molecule has 3 rings (SSSR count). The van der Waals surface area contributed by atoms with Crippen LogP contribution < -0.4 is 0 Å². The highest BCUT2D eigenvalue weighted by Crippen LogP contribution is 2.31. The summed E-state index contributed by atoms with van der Waals surface area (Å²) in [6, 6.07) is 5.95. The lowest BCUT2D eigenvalue weighted by molar-refractivity contribution is 0.0985. The van der Waals surface area contributed by atoms with Gasteiger partial charge in [0.25, 0.3) is 0 Å². The van der Waals surface area contributed by atoms with Gasteiger partial charge in [0, 0.05) is 29.8 Å². The molecule has 0 aromatic carbocycles. The van der Waals surface area contributed by atoms with Crippen LogP contribution in [-0.4, -0.2) is 15.8 Å². The molecular weight excluding hydrogens is 256 g/mol. The van der Waals surface area contributed by atoms with E-state index < -0.39 is 0 Å². The average Bonchev–Trinajstić information content (AvgIpc) is 3.05. The van der Waals surface area contributed by atoms with Gasteiger partial charge in [-0.2, -0.15) is 0 Å². The van der Waals surface area contributed by atoms with Crippen molar-refractivity contribution in [3.05, 3.63) is 40.8 Å². The lowest BCUT2D eigenvalue weighted by Crippen LogP contribution is -1.93. The Bertz CT molecular complexity index is 726. The molecule has 0 amide bonds. The third-order valence-corrected chi connectivity index (χ3v) is 4.08. The number of hydrogen-bond donors (Lipinski definition) is 1. The van der Waals surface area contributed by atoms with Crippen molar-refractivity contribution >= 4 is 28.2 Å². The Hall–Kier alpha value is -1.94. The molecule has 0 fully saturated rings. The fourth-order valence-corrected chi connectivity index (χ4v) is 3.05. The topological polar surface area (TPSA) is 45.8 Å². The molecule has 3 heterocycles. The van der Waals surface area contributed by atoms with Crippen LogP contribution in [-0.2, 0) is 0 Å². The molecule has 4 heteroatoms. The minimum absolute atomic E-state index is 0.233. The molecule has 0 aliphatic carbocycles. The fraction of sp³-hybridized carbons (Fsp3) is 0.200. The number of fused-ring (bicyclic) bond motifs is 1. The summed E-state index contributed by atoms with van der Waals surface area (Å²) in [5.41, 5.74) is 3.07. The number of nitrogens with zero attached hydrogens (tertiary/aromatic N) is 1. The Labute approximate surface area is 115 Å². The molecular formula is C15H14N2OS. The Morgan fingerprint density at radius 3 is 3.21 bits per heavy atom. The largest absolute Gasteiger partial charge is 0.346 e. The maximum absolute atomic E-state index is 11.9. The second-order valence-electron chi connectivity index (χ2n) is 4.47. The molecule has 3 aromatic rings. The lowest BCUT2D eigenvalue weighted by Gasteiger charge is -1.94. The molecule has 96 valence electrons. The Kier molecular flexibility index (Phi) is 3.17. The van der Waals surface area contributed by atoms with E-state index in [1.54, 1.807) is 6.20 Å². The quantitative estimate of drug-likeness (QED) is 0.719. The second-order valence-corrected chi connectivity index (χ2v) is 5.39. The summed E-state index contributed by atoms with van der Waals surface area (Å²) in [7, 11) is 0. The number of nitrogens with one attached hydrogen (secondary N) is 1. The van der Waals surface area contributed by atoms with Crippen molar-refractivity contribution < 1.29 is 4.79 Å². The van der Waals surface area contributed by atoms with Gasteiger partial charge in [-0.25, -0.2) is 4.98 Å². The van der Waals surface area contributed by atoms with Gasteiger partial charge in [0.1, 0.15) is 5.65 Å². The lowest BCUT2D eigenvalue weighted by atomic mass is 10.1. The maximum atomic E-state index is 11.9. The number of carbonyl (C=O) groups is 1. The van der Waals surface area contributed by atoms with Crippen LogP contribution in [0.3, 0.4) is 0 Å². The van der Waals surface area contributed by atoms with Gasteiger partial charge in [0.15, 0.2) is 5.78 Å². The second kappa shape index (κ2) is 4.97. The van der Waals surface area contributed by atoms with Crippen molar-refractivity contribution in [1.29, 1.82) is 0 Å². The summed E-state index contributed by atoms with van der Waals surface area (Å²) in [5.74, 6) is 0.233. The Morgan fingerprint density at radius 1 is 1.47 bits per heavy atom. The molecule has 0 saturated carbocycles. The highest BCUT2D eigenvalue weighted by atomic mass is 32.1. The van der Waals surface area contributed by atoms with Crippen LogP contribution >= 0.6 is 11.3 Å².